The zero-order valence-electron chi connectivity index (χ0n) is 6.95. The molecule has 0 spiro atoms. The normalized spacial score (nSPS) is 19.4. The van der Waals surface area contributed by atoms with Crippen molar-refractivity contribution >= 4 is 16.5 Å². The van der Waals surface area contributed by atoms with Crippen LogP contribution in [0.4, 0.5) is 5.13 Å². The molecule has 0 aliphatic heterocycles. The second-order valence-electron chi connectivity index (χ2n) is 3.14. The van der Waals surface area contributed by atoms with Gasteiger partial charge in [-0.25, -0.2) is 0 Å². The van der Waals surface area contributed by atoms with Crippen molar-refractivity contribution in [2.24, 2.45) is 0 Å². The number of hydrogen-bond acceptors (Lipinski definition) is 5. The molecule has 1 aliphatic rings. The highest BCUT2D eigenvalue weighted by molar-refractivity contribution is 7.15. The topological polar surface area (TPSA) is 63.8 Å². The predicted molar refractivity (Wildman–Crippen MR) is 48.9 cm³/mol. The molecule has 0 bridgehead atoms. The molecule has 0 radical (unpaired) electrons. The van der Waals surface area contributed by atoms with Crippen LogP contribution in [0.2, 0.25) is 0 Å². The Labute approximate surface area is 75.2 Å². The van der Waals surface area contributed by atoms with Gasteiger partial charge in [0, 0.05) is 6.04 Å². The molecule has 1 fully saturated rings. The Morgan fingerprint density at radius 3 is 2.83 bits per heavy atom. The average Bonchev–Trinajstić information content (AvgIpc) is 2.72. The van der Waals surface area contributed by atoms with E-state index in [9.17, 15) is 0 Å². The predicted octanol–water partition coefficient (Wildman–Crippen LogP) is 0.933. The van der Waals surface area contributed by atoms with Gasteiger partial charge in [0.05, 0.1) is 6.04 Å². The molecule has 1 heterocycles. The van der Waals surface area contributed by atoms with E-state index in [1.54, 1.807) is 0 Å². The fourth-order valence-corrected chi connectivity index (χ4v) is 1.72. The molecule has 1 unspecified atom stereocenters. The highest BCUT2D eigenvalue weighted by atomic mass is 32.1. The summed E-state index contributed by atoms with van der Waals surface area (Å²) >= 11 is 1.46. The van der Waals surface area contributed by atoms with Gasteiger partial charge in [0.15, 0.2) is 0 Å². The molecule has 66 valence electrons. The summed E-state index contributed by atoms with van der Waals surface area (Å²) in [5.74, 6) is 0. The van der Waals surface area contributed by atoms with Crippen LogP contribution in [0.3, 0.4) is 0 Å². The van der Waals surface area contributed by atoms with E-state index in [-0.39, 0.29) is 0 Å². The summed E-state index contributed by atoms with van der Waals surface area (Å²) in [4.78, 5) is 0. The SMILES string of the molecule is CC(NC1CC1)c1nnc(N)s1. The van der Waals surface area contributed by atoms with Gasteiger partial charge in [-0.3, -0.25) is 0 Å². The number of rotatable bonds is 3. The maximum atomic E-state index is 5.48. The third-order valence-electron chi connectivity index (χ3n) is 1.89. The standard InChI is InChI=1S/C7H12N4S/c1-4(9-5-2-3-5)6-10-11-7(8)12-6/h4-5,9H,2-3H2,1H3,(H2,8,11). The molecular weight excluding hydrogens is 172 g/mol. The molecule has 0 aromatic carbocycles. The van der Waals surface area contributed by atoms with Crippen LogP contribution < -0.4 is 11.1 Å². The summed E-state index contributed by atoms with van der Waals surface area (Å²) in [7, 11) is 0. The summed E-state index contributed by atoms with van der Waals surface area (Å²) < 4.78 is 0. The lowest BCUT2D eigenvalue weighted by Gasteiger charge is -2.07. The van der Waals surface area contributed by atoms with Gasteiger partial charge in [0.1, 0.15) is 5.01 Å². The number of nitrogens with two attached hydrogens (primary N) is 1. The molecule has 0 saturated heterocycles. The molecule has 1 aromatic rings. The molecule has 12 heavy (non-hydrogen) atoms. The number of nitrogens with zero attached hydrogens (tertiary/aromatic N) is 2. The zero-order valence-corrected chi connectivity index (χ0v) is 7.77. The molecule has 5 heteroatoms. The zero-order chi connectivity index (χ0) is 8.55. The minimum atomic E-state index is 0.298. The highest BCUT2D eigenvalue weighted by Crippen LogP contribution is 2.25. The second kappa shape index (κ2) is 2.99. The molecule has 2 rings (SSSR count). The van der Waals surface area contributed by atoms with Crippen LogP contribution in [0.15, 0.2) is 0 Å². The molecule has 1 atom stereocenters. The molecule has 0 amide bonds. The number of anilines is 1. The molecule has 4 nitrogen and oxygen atoms in total. The van der Waals surface area contributed by atoms with E-state index in [1.807, 2.05) is 0 Å². The quantitative estimate of drug-likeness (QED) is 0.733. The van der Waals surface area contributed by atoms with Crippen molar-refractivity contribution in [2.45, 2.75) is 31.8 Å². The van der Waals surface area contributed by atoms with E-state index in [4.69, 9.17) is 5.73 Å². The van der Waals surface area contributed by atoms with Crippen LogP contribution in [0.25, 0.3) is 0 Å². The Morgan fingerprint density at radius 2 is 2.33 bits per heavy atom. The third kappa shape index (κ3) is 1.73. The van der Waals surface area contributed by atoms with Crippen molar-refractivity contribution in [3.05, 3.63) is 5.01 Å². The minimum absolute atomic E-state index is 0.298. The molecular formula is C7H12N4S. The number of aromatic nitrogens is 2. The van der Waals surface area contributed by atoms with E-state index >= 15 is 0 Å². The van der Waals surface area contributed by atoms with Gasteiger partial charge < -0.3 is 11.1 Å². The van der Waals surface area contributed by atoms with E-state index in [2.05, 4.69) is 22.4 Å². The van der Waals surface area contributed by atoms with Crippen molar-refractivity contribution in [1.29, 1.82) is 0 Å². The first-order valence-corrected chi connectivity index (χ1v) is 4.92. The first-order valence-electron chi connectivity index (χ1n) is 4.10. The number of hydrogen-bond donors (Lipinski definition) is 2. The highest BCUT2D eigenvalue weighted by Gasteiger charge is 2.24. The summed E-state index contributed by atoms with van der Waals surface area (Å²) in [6.07, 6.45) is 2.58. The molecule has 1 aliphatic carbocycles. The summed E-state index contributed by atoms with van der Waals surface area (Å²) in [5, 5.41) is 12.7. The van der Waals surface area contributed by atoms with Gasteiger partial charge in [-0.1, -0.05) is 11.3 Å². The Hall–Kier alpha value is -0.680. The maximum Gasteiger partial charge on any atom is 0.203 e. The van der Waals surface area contributed by atoms with Gasteiger partial charge in [-0.05, 0) is 19.8 Å². The minimum Gasteiger partial charge on any atom is -0.374 e. The fourth-order valence-electron chi connectivity index (χ4n) is 1.10. The van der Waals surface area contributed by atoms with Crippen LogP contribution in [-0.4, -0.2) is 16.2 Å². The Bertz CT molecular complexity index is 268. The van der Waals surface area contributed by atoms with E-state index in [0.29, 0.717) is 17.2 Å². The van der Waals surface area contributed by atoms with Gasteiger partial charge in [0.2, 0.25) is 5.13 Å². The van der Waals surface area contributed by atoms with Crippen molar-refractivity contribution < 1.29 is 0 Å². The first kappa shape index (κ1) is 7.94. The van der Waals surface area contributed by atoms with Crippen molar-refractivity contribution in [3.63, 3.8) is 0 Å². The van der Waals surface area contributed by atoms with Crippen molar-refractivity contribution in [3.8, 4) is 0 Å². The van der Waals surface area contributed by atoms with Crippen molar-refractivity contribution in [2.75, 3.05) is 5.73 Å². The summed E-state index contributed by atoms with van der Waals surface area (Å²) in [6.45, 7) is 2.10. The van der Waals surface area contributed by atoms with Crippen molar-refractivity contribution in [1.82, 2.24) is 15.5 Å². The molecule has 1 saturated carbocycles. The van der Waals surface area contributed by atoms with Crippen LogP contribution >= 0.6 is 11.3 Å². The lowest BCUT2D eigenvalue weighted by Crippen LogP contribution is -2.20. The van der Waals surface area contributed by atoms with Gasteiger partial charge in [0.25, 0.3) is 0 Å². The van der Waals surface area contributed by atoms with Crippen LogP contribution in [0, 0.1) is 0 Å². The Balaban J connectivity index is 1.97. The third-order valence-corrected chi connectivity index (χ3v) is 2.82. The molecule has 3 N–H and O–H groups in total. The lowest BCUT2D eigenvalue weighted by atomic mass is 10.3. The molecule has 1 aromatic heterocycles. The van der Waals surface area contributed by atoms with Gasteiger partial charge in [-0.15, -0.1) is 10.2 Å². The van der Waals surface area contributed by atoms with Gasteiger partial charge >= 0.3 is 0 Å². The largest absolute Gasteiger partial charge is 0.374 e. The summed E-state index contributed by atoms with van der Waals surface area (Å²) in [6, 6.07) is 0.998. The van der Waals surface area contributed by atoms with E-state index in [0.717, 1.165) is 5.01 Å². The van der Waals surface area contributed by atoms with E-state index in [1.165, 1.54) is 24.2 Å². The fraction of sp³-hybridized carbons (Fsp3) is 0.714. The van der Waals surface area contributed by atoms with Gasteiger partial charge in [-0.2, -0.15) is 0 Å². The second-order valence-corrected chi connectivity index (χ2v) is 4.18. The van der Waals surface area contributed by atoms with Crippen LogP contribution in [0.1, 0.15) is 30.8 Å². The summed E-state index contributed by atoms with van der Waals surface area (Å²) in [5.41, 5.74) is 5.48. The first-order chi connectivity index (χ1) is 5.75. The lowest BCUT2D eigenvalue weighted by molar-refractivity contribution is 0.564. The monoisotopic (exact) mass is 184 g/mol. The number of nitrogens with one attached hydrogen (secondary N) is 1. The Morgan fingerprint density at radius 1 is 1.58 bits per heavy atom. The van der Waals surface area contributed by atoms with Crippen LogP contribution in [0.5, 0.6) is 0 Å². The average molecular weight is 184 g/mol. The Kier molecular flexibility index (Phi) is 1.98. The smallest absolute Gasteiger partial charge is 0.203 e. The number of nitrogen functional groups attached to an aromatic ring is 1. The maximum absolute atomic E-state index is 5.48. The van der Waals surface area contributed by atoms with E-state index < -0.39 is 0 Å². The van der Waals surface area contributed by atoms with Crippen LogP contribution in [-0.2, 0) is 0 Å².